The fourth-order valence-electron chi connectivity index (χ4n) is 4.43. The molecule has 1 aromatic carbocycles. The van der Waals surface area contributed by atoms with E-state index in [1.54, 1.807) is 4.90 Å². The van der Waals surface area contributed by atoms with Crippen molar-refractivity contribution < 1.29 is 4.79 Å². The Hall–Kier alpha value is -2.56. The minimum absolute atomic E-state index is 0.371. The molecule has 2 aliphatic rings. The van der Waals surface area contributed by atoms with Gasteiger partial charge in [-0.05, 0) is 61.9 Å². The van der Waals surface area contributed by atoms with E-state index >= 15 is 0 Å². The maximum Gasteiger partial charge on any atom is 0.319 e. The number of nitrogens with two attached hydrogens (primary N) is 1. The first-order chi connectivity index (χ1) is 12.6. The number of nitrogens with one attached hydrogen (secondary N) is 1. The molecule has 1 saturated carbocycles. The number of carbonyl (C=O) groups is 1. The third-order valence-corrected chi connectivity index (χ3v) is 5.73. The molecule has 2 aromatic rings. The summed E-state index contributed by atoms with van der Waals surface area (Å²) < 4.78 is 0. The van der Waals surface area contributed by atoms with Gasteiger partial charge in [-0.3, -0.25) is 9.88 Å². The highest BCUT2D eigenvalue weighted by molar-refractivity contribution is 5.93. The molecule has 1 aliphatic heterocycles. The Kier molecular flexibility index (Phi) is 4.53. The topological polar surface area (TPSA) is 71.2 Å². The summed E-state index contributed by atoms with van der Waals surface area (Å²) >= 11 is 0. The summed E-state index contributed by atoms with van der Waals surface area (Å²) in [4.78, 5) is 17.9. The molecule has 0 radical (unpaired) electrons. The van der Waals surface area contributed by atoms with Crippen LogP contribution in [0, 0.1) is 6.92 Å². The van der Waals surface area contributed by atoms with Crippen molar-refractivity contribution in [2.75, 3.05) is 16.8 Å². The van der Waals surface area contributed by atoms with Gasteiger partial charge >= 0.3 is 6.03 Å². The highest BCUT2D eigenvalue weighted by Gasteiger charge is 2.26. The SMILES string of the molecule is Cc1cccnc1[C@H]1CCC[C@H](Nc2ccc3c(c2)N(C(N)=O)CC3)C1. The molecule has 1 aromatic heterocycles. The van der Waals surface area contributed by atoms with Crippen molar-refractivity contribution in [2.24, 2.45) is 5.73 Å². The molecule has 2 amide bonds. The number of urea groups is 1. The lowest BCUT2D eigenvalue weighted by molar-refractivity contribution is 0.254. The number of amides is 2. The molecule has 2 atom stereocenters. The smallest absolute Gasteiger partial charge is 0.319 e. The standard InChI is InChI=1S/C21H26N4O/c1-14-4-3-10-23-20(14)16-5-2-6-17(12-16)24-18-8-7-15-9-11-25(21(22)26)19(15)13-18/h3-4,7-8,10,13,16-17,24H,2,5-6,9,11-12H2,1H3,(H2,22,26)/t16-,17-/m0/s1. The molecule has 1 aliphatic carbocycles. The third-order valence-electron chi connectivity index (χ3n) is 5.73. The number of hydrogen-bond acceptors (Lipinski definition) is 3. The zero-order chi connectivity index (χ0) is 18.1. The Labute approximate surface area is 154 Å². The molecule has 1 fully saturated rings. The normalized spacial score (nSPS) is 22.1. The summed E-state index contributed by atoms with van der Waals surface area (Å²) in [6, 6.07) is 10.5. The van der Waals surface area contributed by atoms with E-state index in [1.165, 1.54) is 36.1 Å². The van der Waals surface area contributed by atoms with Gasteiger partial charge in [0.25, 0.3) is 0 Å². The first-order valence-electron chi connectivity index (χ1n) is 9.50. The van der Waals surface area contributed by atoms with Crippen LogP contribution in [-0.2, 0) is 6.42 Å². The van der Waals surface area contributed by atoms with Crippen molar-refractivity contribution in [3.05, 3.63) is 53.3 Å². The Morgan fingerprint density at radius 2 is 2.19 bits per heavy atom. The third kappa shape index (κ3) is 3.26. The minimum atomic E-state index is -0.371. The Balaban J connectivity index is 1.49. The van der Waals surface area contributed by atoms with Crippen LogP contribution in [0.3, 0.4) is 0 Å². The molecule has 5 nitrogen and oxygen atoms in total. The van der Waals surface area contributed by atoms with Crippen molar-refractivity contribution >= 4 is 17.4 Å². The summed E-state index contributed by atoms with van der Waals surface area (Å²) in [6.07, 6.45) is 7.45. The predicted molar refractivity (Wildman–Crippen MR) is 105 cm³/mol. The van der Waals surface area contributed by atoms with Gasteiger partial charge in [-0.1, -0.05) is 18.6 Å². The van der Waals surface area contributed by atoms with E-state index in [0.717, 1.165) is 24.2 Å². The second-order valence-electron chi connectivity index (χ2n) is 7.49. The fourth-order valence-corrected chi connectivity index (χ4v) is 4.43. The Bertz CT molecular complexity index is 819. The van der Waals surface area contributed by atoms with E-state index in [-0.39, 0.29) is 6.03 Å². The van der Waals surface area contributed by atoms with Crippen molar-refractivity contribution in [1.82, 2.24) is 4.98 Å². The zero-order valence-corrected chi connectivity index (χ0v) is 15.2. The molecule has 26 heavy (non-hydrogen) atoms. The number of aromatic nitrogens is 1. The zero-order valence-electron chi connectivity index (χ0n) is 15.2. The molecule has 136 valence electrons. The van der Waals surface area contributed by atoms with E-state index in [2.05, 4.69) is 41.5 Å². The quantitative estimate of drug-likeness (QED) is 0.880. The number of fused-ring (bicyclic) bond motifs is 1. The predicted octanol–water partition coefficient (Wildman–Crippen LogP) is 3.97. The fraction of sp³-hybridized carbons (Fsp3) is 0.429. The number of aryl methyl sites for hydroxylation is 1. The van der Waals surface area contributed by atoms with Crippen molar-refractivity contribution in [3.8, 4) is 0 Å². The van der Waals surface area contributed by atoms with Gasteiger partial charge in [0.15, 0.2) is 0 Å². The number of hydrogen-bond donors (Lipinski definition) is 2. The van der Waals surface area contributed by atoms with Crippen LogP contribution < -0.4 is 16.0 Å². The van der Waals surface area contributed by atoms with Crippen LogP contribution in [0.25, 0.3) is 0 Å². The van der Waals surface area contributed by atoms with Crippen LogP contribution in [0.1, 0.15) is 48.4 Å². The maximum atomic E-state index is 11.6. The summed E-state index contributed by atoms with van der Waals surface area (Å²) in [6.45, 7) is 2.83. The van der Waals surface area contributed by atoms with E-state index in [9.17, 15) is 4.79 Å². The summed E-state index contributed by atoms with van der Waals surface area (Å²) in [5.41, 5.74) is 11.2. The first kappa shape index (κ1) is 16.9. The number of benzene rings is 1. The Morgan fingerprint density at radius 3 is 3.00 bits per heavy atom. The van der Waals surface area contributed by atoms with E-state index in [0.29, 0.717) is 18.5 Å². The second-order valence-corrected chi connectivity index (χ2v) is 7.49. The van der Waals surface area contributed by atoms with Crippen LogP contribution >= 0.6 is 0 Å². The molecule has 5 heteroatoms. The lowest BCUT2D eigenvalue weighted by atomic mass is 9.82. The van der Waals surface area contributed by atoms with Crippen LogP contribution in [0.2, 0.25) is 0 Å². The van der Waals surface area contributed by atoms with Gasteiger partial charge in [-0.15, -0.1) is 0 Å². The molecular formula is C21H26N4O. The maximum absolute atomic E-state index is 11.6. The Morgan fingerprint density at radius 1 is 1.31 bits per heavy atom. The number of primary amides is 1. The molecule has 4 rings (SSSR count). The van der Waals surface area contributed by atoms with Gasteiger partial charge in [0, 0.05) is 36.1 Å². The van der Waals surface area contributed by atoms with Crippen molar-refractivity contribution in [3.63, 3.8) is 0 Å². The van der Waals surface area contributed by atoms with Gasteiger partial charge in [0.05, 0.1) is 5.69 Å². The van der Waals surface area contributed by atoms with Crippen LogP contribution in [0.15, 0.2) is 36.5 Å². The van der Waals surface area contributed by atoms with Gasteiger partial charge in [-0.2, -0.15) is 0 Å². The number of anilines is 2. The number of rotatable bonds is 3. The minimum Gasteiger partial charge on any atom is -0.382 e. The lowest BCUT2D eigenvalue weighted by Gasteiger charge is -2.31. The highest BCUT2D eigenvalue weighted by atomic mass is 16.2. The summed E-state index contributed by atoms with van der Waals surface area (Å²) in [5, 5.41) is 3.68. The summed E-state index contributed by atoms with van der Waals surface area (Å²) in [7, 11) is 0. The largest absolute Gasteiger partial charge is 0.382 e. The highest BCUT2D eigenvalue weighted by Crippen LogP contribution is 2.36. The average Bonchev–Trinajstić information content (AvgIpc) is 3.06. The van der Waals surface area contributed by atoms with Crippen LogP contribution in [0.4, 0.5) is 16.2 Å². The van der Waals surface area contributed by atoms with Crippen molar-refractivity contribution in [1.29, 1.82) is 0 Å². The molecule has 2 heterocycles. The van der Waals surface area contributed by atoms with Crippen LogP contribution in [-0.4, -0.2) is 23.6 Å². The summed E-state index contributed by atoms with van der Waals surface area (Å²) in [5.74, 6) is 0.513. The van der Waals surface area contributed by atoms with Gasteiger partial charge < -0.3 is 11.1 Å². The molecule has 0 unspecified atom stereocenters. The lowest BCUT2D eigenvalue weighted by Crippen LogP contribution is -2.34. The van der Waals surface area contributed by atoms with E-state index < -0.39 is 0 Å². The van der Waals surface area contributed by atoms with Gasteiger partial charge in [-0.25, -0.2) is 4.79 Å². The molecule has 3 N–H and O–H groups in total. The van der Waals surface area contributed by atoms with Gasteiger partial charge in [0.2, 0.25) is 0 Å². The number of nitrogens with zero attached hydrogens (tertiary/aromatic N) is 2. The van der Waals surface area contributed by atoms with Crippen LogP contribution in [0.5, 0.6) is 0 Å². The van der Waals surface area contributed by atoms with Gasteiger partial charge in [0.1, 0.15) is 0 Å². The second kappa shape index (κ2) is 6.98. The molecule has 0 bridgehead atoms. The van der Waals surface area contributed by atoms with E-state index in [1.807, 2.05) is 12.3 Å². The average molecular weight is 350 g/mol. The molecular weight excluding hydrogens is 324 g/mol. The molecule has 0 spiro atoms. The first-order valence-corrected chi connectivity index (χ1v) is 9.50. The molecule has 0 saturated heterocycles. The van der Waals surface area contributed by atoms with Crippen molar-refractivity contribution in [2.45, 2.75) is 51.0 Å². The number of pyridine rings is 1. The number of carbonyl (C=O) groups excluding carboxylic acids is 1. The monoisotopic (exact) mass is 350 g/mol. The van der Waals surface area contributed by atoms with E-state index in [4.69, 9.17) is 5.73 Å².